The number of nitrogens with one attached hydrogen (secondary N) is 1. The zero-order valence-corrected chi connectivity index (χ0v) is 16.0. The first-order valence-electron chi connectivity index (χ1n) is 8.85. The van der Waals surface area contributed by atoms with Crippen molar-refractivity contribution in [1.82, 2.24) is 9.55 Å². The lowest BCUT2D eigenvalue weighted by molar-refractivity contribution is 0.103. The number of benzene rings is 2. The van der Waals surface area contributed by atoms with Gasteiger partial charge in [-0.1, -0.05) is 42.5 Å². The van der Waals surface area contributed by atoms with Gasteiger partial charge in [0.05, 0.1) is 16.6 Å². The summed E-state index contributed by atoms with van der Waals surface area (Å²) in [6, 6.07) is 15.1. The van der Waals surface area contributed by atoms with E-state index in [9.17, 15) is 18.8 Å². The number of nitrogens with zero attached hydrogens (tertiary/aromatic N) is 1. The molecule has 0 radical (unpaired) electrons. The lowest BCUT2D eigenvalue weighted by Crippen LogP contribution is -2.30. The molecule has 0 spiro atoms. The fourth-order valence-electron chi connectivity index (χ4n) is 3.19. The van der Waals surface area contributed by atoms with Crippen LogP contribution in [-0.2, 0) is 13.0 Å². The average Bonchev–Trinajstić information content (AvgIpc) is 3.06. The van der Waals surface area contributed by atoms with E-state index in [0.717, 1.165) is 16.9 Å². The summed E-state index contributed by atoms with van der Waals surface area (Å²) in [6.07, 6.45) is 0.552. The maximum absolute atomic E-state index is 14.1. The van der Waals surface area contributed by atoms with Crippen molar-refractivity contribution in [3.8, 4) is 0 Å². The van der Waals surface area contributed by atoms with E-state index in [1.807, 2.05) is 30.3 Å². The number of hydrogen-bond donors (Lipinski definition) is 2. The zero-order chi connectivity index (χ0) is 20.5. The summed E-state index contributed by atoms with van der Waals surface area (Å²) in [4.78, 5) is 40.2. The van der Waals surface area contributed by atoms with Crippen molar-refractivity contribution in [3.05, 3.63) is 97.3 Å². The van der Waals surface area contributed by atoms with Crippen LogP contribution in [0.3, 0.4) is 0 Å². The maximum atomic E-state index is 14.1. The van der Waals surface area contributed by atoms with Crippen molar-refractivity contribution in [1.29, 1.82) is 0 Å². The van der Waals surface area contributed by atoms with Crippen LogP contribution < -0.4 is 17.0 Å². The van der Waals surface area contributed by atoms with Gasteiger partial charge in [-0.05, 0) is 24.1 Å². The molecule has 6 nitrogen and oxygen atoms in total. The smallest absolute Gasteiger partial charge is 0.329 e. The van der Waals surface area contributed by atoms with Gasteiger partial charge in [0, 0.05) is 6.54 Å². The molecule has 4 rings (SSSR count). The van der Waals surface area contributed by atoms with Crippen LogP contribution in [0.1, 0.15) is 20.8 Å². The van der Waals surface area contributed by atoms with Crippen molar-refractivity contribution >= 4 is 33.0 Å². The predicted molar refractivity (Wildman–Crippen MR) is 111 cm³/mol. The van der Waals surface area contributed by atoms with Gasteiger partial charge >= 0.3 is 5.69 Å². The number of ketones is 1. The Kier molecular flexibility index (Phi) is 4.85. The molecule has 0 aliphatic heterocycles. The minimum Gasteiger partial charge on any atom is -0.397 e. The summed E-state index contributed by atoms with van der Waals surface area (Å²) in [7, 11) is 0. The Morgan fingerprint density at radius 1 is 1.07 bits per heavy atom. The number of nitrogens with two attached hydrogens (primary N) is 1. The molecule has 3 N–H and O–H groups in total. The average molecular weight is 409 g/mol. The van der Waals surface area contributed by atoms with E-state index < -0.39 is 22.8 Å². The van der Waals surface area contributed by atoms with Crippen molar-refractivity contribution < 1.29 is 9.18 Å². The Morgan fingerprint density at radius 3 is 2.48 bits per heavy atom. The maximum Gasteiger partial charge on any atom is 0.329 e. The molecule has 0 aliphatic carbocycles. The number of thiophene rings is 1. The van der Waals surface area contributed by atoms with Crippen LogP contribution in [0, 0.1) is 5.82 Å². The molecule has 29 heavy (non-hydrogen) atoms. The number of H-pyrrole nitrogens is 1. The third-order valence-electron chi connectivity index (χ3n) is 4.66. The molecular formula is C21H16FN3O3S. The summed E-state index contributed by atoms with van der Waals surface area (Å²) in [5, 5.41) is 0.0716. The molecule has 0 fully saturated rings. The number of fused-ring (bicyclic) bond motifs is 1. The molecule has 4 aromatic rings. The first-order valence-corrected chi connectivity index (χ1v) is 9.67. The molecular weight excluding hydrogens is 393 g/mol. The molecule has 0 aliphatic rings. The van der Waals surface area contributed by atoms with Gasteiger partial charge in [-0.2, -0.15) is 0 Å². The van der Waals surface area contributed by atoms with E-state index in [1.54, 1.807) is 6.07 Å². The van der Waals surface area contributed by atoms with E-state index >= 15 is 0 Å². The minimum atomic E-state index is -0.676. The van der Waals surface area contributed by atoms with Crippen LogP contribution in [0.5, 0.6) is 0 Å². The number of aromatic nitrogens is 2. The van der Waals surface area contributed by atoms with Gasteiger partial charge in [0.1, 0.15) is 15.5 Å². The molecule has 8 heteroatoms. The number of carbonyl (C=O) groups excluding carboxylic acids is 1. The van der Waals surface area contributed by atoms with Crippen LogP contribution in [0.4, 0.5) is 10.1 Å². The quantitative estimate of drug-likeness (QED) is 0.495. The van der Waals surface area contributed by atoms with Crippen LogP contribution >= 0.6 is 11.3 Å². The molecule has 0 amide bonds. The molecule has 0 bridgehead atoms. The standard InChI is InChI=1S/C21H16FN3O3S/c22-14-9-5-4-8-13(14)17(26)18-16(23)15-19(27)24-21(28)25(20(15)29-18)11-10-12-6-2-1-3-7-12/h1-9H,10-11,23H2,(H,24,27,28). The number of aryl methyl sites for hydroxylation is 2. The second-order valence-corrected chi connectivity index (χ2v) is 7.48. The summed E-state index contributed by atoms with van der Waals surface area (Å²) >= 11 is 0.927. The molecule has 0 saturated carbocycles. The third kappa shape index (κ3) is 3.38. The largest absolute Gasteiger partial charge is 0.397 e. The number of halogens is 1. The van der Waals surface area contributed by atoms with E-state index in [1.165, 1.54) is 22.8 Å². The highest BCUT2D eigenvalue weighted by molar-refractivity contribution is 7.21. The number of carbonyl (C=O) groups is 1. The number of anilines is 1. The second kappa shape index (κ2) is 7.48. The monoisotopic (exact) mass is 409 g/mol. The number of rotatable bonds is 5. The molecule has 0 unspecified atom stereocenters. The van der Waals surface area contributed by atoms with Gasteiger partial charge in [0.25, 0.3) is 5.56 Å². The van der Waals surface area contributed by atoms with Crippen LogP contribution in [0.15, 0.2) is 64.2 Å². The number of hydrogen-bond acceptors (Lipinski definition) is 5. The topological polar surface area (TPSA) is 98.0 Å². The van der Waals surface area contributed by atoms with Gasteiger partial charge in [0.2, 0.25) is 5.78 Å². The van der Waals surface area contributed by atoms with Crippen LogP contribution in [0.25, 0.3) is 10.2 Å². The normalized spacial score (nSPS) is 11.1. The minimum absolute atomic E-state index is 0.0367. The van der Waals surface area contributed by atoms with Gasteiger partial charge in [-0.25, -0.2) is 9.18 Å². The molecule has 2 aromatic heterocycles. The van der Waals surface area contributed by atoms with Crippen molar-refractivity contribution in [2.45, 2.75) is 13.0 Å². The summed E-state index contributed by atoms with van der Waals surface area (Å²) in [6.45, 7) is 0.295. The Balaban J connectivity index is 1.83. The van der Waals surface area contributed by atoms with E-state index in [4.69, 9.17) is 5.73 Å². The number of aromatic amines is 1. The number of nitrogen functional groups attached to an aromatic ring is 1. The molecule has 0 saturated heterocycles. The van der Waals surface area contributed by atoms with Crippen LogP contribution in [0.2, 0.25) is 0 Å². The molecule has 0 atom stereocenters. The Hall–Kier alpha value is -3.52. The van der Waals surface area contributed by atoms with Crippen molar-refractivity contribution in [2.75, 3.05) is 5.73 Å². The highest BCUT2D eigenvalue weighted by Gasteiger charge is 2.24. The lowest BCUT2D eigenvalue weighted by atomic mass is 10.1. The van der Waals surface area contributed by atoms with Gasteiger partial charge in [-0.15, -0.1) is 11.3 Å². The zero-order valence-electron chi connectivity index (χ0n) is 15.1. The Morgan fingerprint density at radius 2 is 1.76 bits per heavy atom. The second-order valence-electron chi connectivity index (χ2n) is 6.48. The van der Waals surface area contributed by atoms with E-state index in [-0.39, 0.29) is 21.5 Å². The molecule has 146 valence electrons. The lowest BCUT2D eigenvalue weighted by Gasteiger charge is -2.06. The molecule has 2 heterocycles. The summed E-state index contributed by atoms with van der Waals surface area (Å²) in [5.74, 6) is -1.30. The van der Waals surface area contributed by atoms with Crippen molar-refractivity contribution in [3.63, 3.8) is 0 Å². The highest BCUT2D eigenvalue weighted by atomic mass is 32.1. The highest BCUT2D eigenvalue weighted by Crippen LogP contribution is 2.32. The van der Waals surface area contributed by atoms with E-state index in [2.05, 4.69) is 4.98 Å². The first kappa shape index (κ1) is 18.8. The molecule has 2 aromatic carbocycles. The SMILES string of the molecule is Nc1c(C(=O)c2ccccc2F)sc2c1c(=O)[nH]c(=O)n2CCc1ccccc1. The summed E-state index contributed by atoms with van der Waals surface area (Å²) < 4.78 is 15.5. The van der Waals surface area contributed by atoms with Gasteiger partial charge < -0.3 is 5.73 Å². The van der Waals surface area contributed by atoms with Crippen molar-refractivity contribution in [2.24, 2.45) is 0 Å². The van der Waals surface area contributed by atoms with Gasteiger partial charge in [-0.3, -0.25) is 19.1 Å². The predicted octanol–water partition coefficient (Wildman–Crippen LogP) is 2.95. The Labute approximate surface area is 168 Å². The van der Waals surface area contributed by atoms with Gasteiger partial charge in [0.15, 0.2) is 0 Å². The fourth-order valence-corrected chi connectivity index (χ4v) is 4.38. The Bertz CT molecular complexity index is 1340. The third-order valence-corrected chi connectivity index (χ3v) is 5.88. The summed E-state index contributed by atoms with van der Waals surface area (Å²) in [5.41, 5.74) is 5.68. The van der Waals surface area contributed by atoms with E-state index in [0.29, 0.717) is 17.8 Å². The first-order chi connectivity index (χ1) is 14.0. The van der Waals surface area contributed by atoms with Crippen LogP contribution in [-0.4, -0.2) is 15.3 Å². The fraction of sp³-hybridized carbons (Fsp3) is 0.0952.